The average molecular weight is 308 g/mol. The highest BCUT2D eigenvalue weighted by Crippen LogP contribution is 2.10. The Balaban J connectivity index is 2.80. The van der Waals surface area contributed by atoms with Gasteiger partial charge in [-0.05, 0) is 31.9 Å². The summed E-state index contributed by atoms with van der Waals surface area (Å²) in [6.45, 7) is 5.68. The zero-order valence-corrected chi connectivity index (χ0v) is 13.5. The first-order valence-electron chi connectivity index (χ1n) is 7.10. The Bertz CT molecular complexity index is 523. The van der Waals surface area contributed by atoms with Gasteiger partial charge in [0.1, 0.15) is 11.6 Å². The standard InChI is InChI=1S/C16H24N2O4/c1-16(2,3)22-15(20)18-13(14(19)21-4)9-11-6-5-7-12(8-11)10-17/h5-8,13H,9-10,17H2,1-4H3,(H,18,20)/t13-/m0/s1. The van der Waals surface area contributed by atoms with Gasteiger partial charge < -0.3 is 20.5 Å². The molecule has 0 saturated carbocycles. The van der Waals surface area contributed by atoms with E-state index in [1.165, 1.54) is 7.11 Å². The molecule has 0 spiro atoms. The van der Waals surface area contributed by atoms with Crippen LogP contribution in [0.25, 0.3) is 0 Å². The fourth-order valence-electron chi connectivity index (χ4n) is 1.90. The van der Waals surface area contributed by atoms with Crippen LogP contribution in [-0.4, -0.2) is 30.8 Å². The van der Waals surface area contributed by atoms with Gasteiger partial charge in [0.25, 0.3) is 0 Å². The zero-order valence-electron chi connectivity index (χ0n) is 13.5. The van der Waals surface area contributed by atoms with Crippen LogP contribution in [0.5, 0.6) is 0 Å². The molecule has 1 rings (SSSR count). The van der Waals surface area contributed by atoms with E-state index in [1.54, 1.807) is 20.8 Å². The van der Waals surface area contributed by atoms with Crippen molar-refractivity contribution in [3.8, 4) is 0 Å². The summed E-state index contributed by atoms with van der Waals surface area (Å²) in [5.74, 6) is -0.524. The van der Waals surface area contributed by atoms with E-state index < -0.39 is 23.7 Å². The Morgan fingerprint density at radius 3 is 2.45 bits per heavy atom. The molecule has 1 amide bonds. The lowest BCUT2D eigenvalue weighted by atomic mass is 10.0. The molecule has 3 N–H and O–H groups in total. The van der Waals surface area contributed by atoms with Gasteiger partial charge in [-0.2, -0.15) is 0 Å². The molecule has 0 aliphatic rings. The van der Waals surface area contributed by atoms with E-state index in [-0.39, 0.29) is 0 Å². The van der Waals surface area contributed by atoms with Crippen molar-refractivity contribution in [2.75, 3.05) is 7.11 Å². The number of carbonyl (C=O) groups excluding carboxylic acids is 2. The third kappa shape index (κ3) is 6.13. The maximum Gasteiger partial charge on any atom is 0.408 e. The van der Waals surface area contributed by atoms with E-state index >= 15 is 0 Å². The quantitative estimate of drug-likeness (QED) is 0.809. The fourth-order valence-corrected chi connectivity index (χ4v) is 1.90. The molecule has 1 aromatic rings. The van der Waals surface area contributed by atoms with Gasteiger partial charge in [-0.25, -0.2) is 9.59 Å². The van der Waals surface area contributed by atoms with Crippen molar-refractivity contribution >= 4 is 12.1 Å². The summed E-state index contributed by atoms with van der Waals surface area (Å²) >= 11 is 0. The molecule has 0 radical (unpaired) electrons. The van der Waals surface area contributed by atoms with Crippen molar-refractivity contribution in [3.05, 3.63) is 35.4 Å². The number of amides is 1. The van der Waals surface area contributed by atoms with E-state index in [9.17, 15) is 9.59 Å². The zero-order chi connectivity index (χ0) is 16.8. The molecular weight excluding hydrogens is 284 g/mol. The van der Waals surface area contributed by atoms with Gasteiger partial charge in [-0.15, -0.1) is 0 Å². The Hall–Kier alpha value is -2.08. The van der Waals surface area contributed by atoms with Gasteiger partial charge in [0.05, 0.1) is 7.11 Å². The number of ether oxygens (including phenoxy) is 2. The molecule has 0 saturated heterocycles. The lowest BCUT2D eigenvalue weighted by molar-refractivity contribution is -0.143. The Kier molecular flexibility index (Phi) is 6.37. The molecule has 1 aromatic carbocycles. The number of benzene rings is 1. The summed E-state index contributed by atoms with van der Waals surface area (Å²) < 4.78 is 9.91. The maximum atomic E-state index is 11.9. The Morgan fingerprint density at radius 2 is 1.91 bits per heavy atom. The summed E-state index contributed by atoms with van der Waals surface area (Å²) in [4.78, 5) is 23.7. The molecular formula is C16H24N2O4. The molecule has 0 aromatic heterocycles. The normalized spacial score (nSPS) is 12.4. The van der Waals surface area contributed by atoms with Gasteiger partial charge in [0, 0.05) is 13.0 Å². The van der Waals surface area contributed by atoms with Crippen LogP contribution in [0.3, 0.4) is 0 Å². The van der Waals surface area contributed by atoms with Crippen molar-refractivity contribution < 1.29 is 19.1 Å². The molecule has 6 heteroatoms. The molecule has 0 bridgehead atoms. The van der Waals surface area contributed by atoms with Crippen molar-refractivity contribution in [1.82, 2.24) is 5.32 Å². The van der Waals surface area contributed by atoms with Crippen molar-refractivity contribution in [2.24, 2.45) is 5.73 Å². The highest BCUT2D eigenvalue weighted by Gasteiger charge is 2.25. The van der Waals surface area contributed by atoms with Gasteiger partial charge in [0.2, 0.25) is 0 Å². The van der Waals surface area contributed by atoms with E-state index in [4.69, 9.17) is 15.2 Å². The maximum absolute atomic E-state index is 11.9. The third-order valence-corrected chi connectivity index (χ3v) is 2.84. The smallest absolute Gasteiger partial charge is 0.408 e. The predicted molar refractivity (Wildman–Crippen MR) is 83.2 cm³/mol. The number of rotatable bonds is 5. The van der Waals surface area contributed by atoms with E-state index in [0.717, 1.165) is 11.1 Å². The lowest BCUT2D eigenvalue weighted by Crippen LogP contribution is -2.45. The van der Waals surface area contributed by atoms with Crippen LogP contribution in [0.15, 0.2) is 24.3 Å². The monoisotopic (exact) mass is 308 g/mol. The Labute approximate surface area is 131 Å². The first-order chi connectivity index (χ1) is 10.2. The molecule has 0 aliphatic carbocycles. The number of alkyl carbamates (subject to hydrolysis) is 1. The van der Waals surface area contributed by atoms with Gasteiger partial charge in [0.15, 0.2) is 0 Å². The van der Waals surface area contributed by atoms with Crippen LogP contribution in [-0.2, 0) is 27.2 Å². The highest BCUT2D eigenvalue weighted by atomic mass is 16.6. The highest BCUT2D eigenvalue weighted by molar-refractivity contribution is 5.81. The summed E-state index contributed by atoms with van der Waals surface area (Å²) in [5, 5.41) is 2.54. The minimum atomic E-state index is -0.812. The summed E-state index contributed by atoms with van der Waals surface area (Å²) in [7, 11) is 1.28. The molecule has 22 heavy (non-hydrogen) atoms. The van der Waals surface area contributed by atoms with Crippen molar-refractivity contribution in [2.45, 2.75) is 45.4 Å². The van der Waals surface area contributed by atoms with E-state index in [1.807, 2.05) is 24.3 Å². The van der Waals surface area contributed by atoms with Crippen molar-refractivity contribution in [3.63, 3.8) is 0 Å². The largest absolute Gasteiger partial charge is 0.467 e. The lowest BCUT2D eigenvalue weighted by Gasteiger charge is -2.22. The van der Waals surface area contributed by atoms with Crippen LogP contribution >= 0.6 is 0 Å². The topological polar surface area (TPSA) is 90.6 Å². The van der Waals surface area contributed by atoms with Gasteiger partial charge >= 0.3 is 12.1 Å². The predicted octanol–water partition coefficient (Wildman–Crippen LogP) is 1.75. The molecule has 0 heterocycles. The fraction of sp³-hybridized carbons (Fsp3) is 0.500. The first kappa shape index (κ1) is 18.0. The molecule has 1 atom stereocenters. The molecule has 122 valence electrons. The molecule has 0 aliphatic heterocycles. The number of hydrogen-bond donors (Lipinski definition) is 2. The Morgan fingerprint density at radius 1 is 1.27 bits per heavy atom. The van der Waals surface area contributed by atoms with Crippen LogP contribution in [0.4, 0.5) is 4.79 Å². The van der Waals surface area contributed by atoms with Gasteiger partial charge in [-0.3, -0.25) is 0 Å². The number of hydrogen-bond acceptors (Lipinski definition) is 5. The van der Waals surface area contributed by atoms with Crippen LogP contribution in [0, 0.1) is 0 Å². The number of nitrogens with two attached hydrogens (primary N) is 1. The minimum Gasteiger partial charge on any atom is -0.467 e. The summed E-state index contributed by atoms with van der Waals surface area (Å²) in [6, 6.07) is 6.71. The SMILES string of the molecule is COC(=O)[C@H](Cc1cccc(CN)c1)NC(=O)OC(C)(C)C. The second kappa shape index (κ2) is 7.79. The van der Waals surface area contributed by atoms with E-state index in [0.29, 0.717) is 13.0 Å². The number of carbonyl (C=O) groups is 2. The number of methoxy groups -OCH3 is 1. The second-order valence-corrected chi connectivity index (χ2v) is 5.95. The number of esters is 1. The number of nitrogens with one attached hydrogen (secondary N) is 1. The molecule has 0 fully saturated rings. The second-order valence-electron chi connectivity index (χ2n) is 5.95. The third-order valence-electron chi connectivity index (χ3n) is 2.84. The molecule has 0 unspecified atom stereocenters. The van der Waals surface area contributed by atoms with Gasteiger partial charge in [-0.1, -0.05) is 24.3 Å². The molecule has 6 nitrogen and oxygen atoms in total. The average Bonchev–Trinajstić information content (AvgIpc) is 2.44. The summed E-state index contributed by atoms with van der Waals surface area (Å²) in [6.07, 6.45) is -0.349. The van der Waals surface area contributed by atoms with Crippen LogP contribution in [0.2, 0.25) is 0 Å². The van der Waals surface area contributed by atoms with E-state index in [2.05, 4.69) is 5.32 Å². The van der Waals surface area contributed by atoms with Crippen molar-refractivity contribution in [1.29, 1.82) is 0 Å². The van der Waals surface area contributed by atoms with Crippen LogP contribution in [0.1, 0.15) is 31.9 Å². The minimum absolute atomic E-state index is 0.305. The first-order valence-corrected chi connectivity index (χ1v) is 7.10. The van der Waals surface area contributed by atoms with Crippen LogP contribution < -0.4 is 11.1 Å². The summed E-state index contributed by atoms with van der Waals surface area (Å²) in [5.41, 5.74) is 6.81.